The zero-order chi connectivity index (χ0) is 13.3. The van der Waals surface area contributed by atoms with Crippen LogP contribution >= 0.6 is 0 Å². The normalized spacial score (nSPS) is 11.7. The molecule has 1 amide bonds. The molecule has 2 aromatic rings. The van der Waals surface area contributed by atoms with Crippen molar-refractivity contribution in [1.29, 1.82) is 0 Å². The Morgan fingerprint density at radius 2 is 2.22 bits per heavy atom. The minimum absolute atomic E-state index is 0.258. The van der Waals surface area contributed by atoms with E-state index in [-0.39, 0.29) is 6.54 Å². The highest BCUT2D eigenvalue weighted by Crippen LogP contribution is 2.12. The van der Waals surface area contributed by atoms with E-state index in [0.29, 0.717) is 11.1 Å². The number of aliphatic hydroxyl groups is 1. The van der Waals surface area contributed by atoms with Gasteiger partial charge < -0.3 is 14.8 Å². The highest BCUT2D eigenvalue weighted by Gasteiger charge is 2.22. The Hall–Kier alpha value is -2.08. The molecule has 0 aliphatic rings. The molecule has 0 aliphatic carbocycles. The fourth-order valence-electron chi connectivity index (χ4n) is 1.50. The second-order valence-corrected chi connectivity index (χ2v) is 4.59. The molecule has 1 aromatic carbocycles. The third kappa shape index (κ3) is 2.60. The minimum Gasteiger partial charge on any atom is -0.408 e. The van der Waals surface area contributed by atoms with Crippen molar-refractivity contribution >= 4 is 17.0 Å². The SMILES string of the molecule is CC(C)(O)C(=O)NCc1ccc2[nH]c(=O)oc2c1. The average molecular weight is 250 g/mol. The Bertz CT molecular complexity index is 633. The lowest BCUT2D eigenvalue weighted by atomic mass is 10.1. The van der Waals surface area contributed by atoms with Gasteiger partial charge in [0.1, 0.15) is 5.60 Å². The number of aromatic nitrogens is 1. The van der Waals surface area contributed by atoms with E-state index < -0.39 is 17.3 Å². The van der Waals surface area contributed by atoms with Crippen molar-refractivity contribution in [2.24, 2.45) is 0 Å². The van der Waals surface area contributed by atoms with E-state index in [9.17, 15) is 14.7 Å². The molecule has 0 aliphatic heterocycles. The molecule has 6 nitrogen and oxygen atoms in total. The van der Waals surface area contributed by atoms with Crippen molar-refractivity contribution in [3.05, 3.63) is 34.3 Å². The number of benzene rings is 1. The molecular weight excluding hydrogens is 236 g/mol. The largest absolute Gasteiger partial charge is 0.417 e. The van der Waals surface area contributed by atoms with Gasteiger partial charge in [-0.25, -0.2) is 4.79 Å². The van der Waals surface area contributed by atoms with E-state index in [1.165, 1.54) is 13.8 Å². The van der Waals surface area contributed by atoms with Crippen LogP contribution in [0.4, 0.5) is 0 Å². The molecule has 2 rings (SSSR count). The van der Waals surface area contributed by atoms with Crippen LogP contribution in [0.15, 0.2) is 27.4 Å². The van der Waals surface area contributed by atoms with Crippen LogP contribution in [0.5, 0.6) is 0 Å². The molecule has 6 heteroatoms. The van der Waals surface area contributed by atoms with Crippen LogP contribution in [-0.4, -0.2) is 21.6 Å². The molecule has 1 aromatic heterocycles. The monoisotopic (exact) mass is 250 g/mol. The molecular formula is C12H14N2O4. The number of H-pyrrole nitrogens is 1. The van der Waals surface area contributed by atoms with Crippen molar-refractivity contribution in [1.82, 2.24) is 10.3 Å². The second-order valence-electron chi connectivity index (χ2n) is 4.59. The lowest BCUT2D eigenvalue weighted by Gasteiger charge is -2.16. The molecule has 0 fully saturated rings. The predicted octanol–water partition coefficient (Wildman–Crippen LogP) is 0.508. The summed E-state index contributed by atoms with van der Waals surface area (Å²) in [6, 6.07) is 5.13. The van der Waals surface area contributed by atoms with Crippen LogP contribution in [0.2, 0.25) is 0 Å². The molecule has 96 valence electrons. The van der Waals surface area contributed by atoms with E-state index >= 15 is 0 Å². The quantitative estimate of drug-likeness (QED) is 0.739. The summed E-state index contributed by atoms with van der Waals surface area (Å²) in [5, 5.41) is 12.1. The highest BCUT2D eigenvalue weighted by atomic mass is 16.4. The number of carbonyl (C=O) groups is 1. The Labute approximate surface area is 103 Å². The summed E-state index contributed by atoms with van der Waals surface area (Å²) in [4.78, 5) is 25.0. The van der Waals surface area contributed by atoms with Gasteiger partial charge >= 0.3 is 5.76 Å². The number of rotatable bonds is 3. The maximum absolute atomic E-state index is 11.5. The summed E-state index contributed by atoms with van der Waals surface area (Å²) in [5.41, 5.74) is 0.417. The smallest absolute Gasteiger partial charge is 0.408 e. The lowest BCUT2D eigenvalue weighted by molar-refractivity contribution is -0.136. The summed E-state index contributed by atoms with van der Waals surface area (Å²) >= 11 is 0. The number of fused-ring (bicyclic) bond motifs is 1. The van der Waals surface area contributed by atoms with Crippen LogP contribution in [-0.2, 0) is 11.3 Å². The number of oxazole rings is 1. The van der Waals surface area contributed by atoms with Crippen LogP contribution in [0.1, 0.15) is 19.4 Å². The standard InChI is InChI=1S/C12H14N2O4/c1-12(2,17)10(15)13-6-7-3-4-8-9(5-7)18-11(16)14-8/h3-5,17H,6H2,1-2H3,(H,13,15)(H,14,16). The third-order valence-corrected chi connectivity index (χ3v) is 2.49. The number of hydrogen-bond donors (Lipinski definition) is 3. The molecule has 0 saturated carbocycles. The van der Waals surface area contributed by atoms with Crippen LogP contribution in [0, 0.1) is 0 Å². The highest BCUT2D eigenvalue weighted by molar-refractivity contribution is 5.84. The fourth-order valence-corrected chi connectivity index (χ4v) is 1.50. The third-order valence-electron chi connectivity index (χ3n) is 2.49. The average Bonchev–Trinajstić information content (AvgIpc) is 2.63. The van der Waals surface area contributed by atoms with Crippen LogP contribution in [0.3, 0.4) is 0 Å². The molecule has 0 saturated heterocycles. The molecule has 0 atom stereocenters. The van der Waals surface area contributed by atoms with Gasteiger partial charge in [-0.1, -0.05) is 6.07 Å². The van der Waals surface area contributed by atoms with Gasteiger partial charge in [0.15, 0.2) is 5.58 Å². The first-order chi connectivity index (χ1) is 8.36. The van der Waals surface area contributed by atoms with E-state index in [4.69, 9.17) is 4.42 Å². The Morgan fingerprint density at radius 1 is 1.50 bits per heavy atom. The second kappa shape index (κ2) is 4.30. The van der Waals surface area contributed by atoms with E-state index in [2.05, 4.69) is 10.3 Å². The minimum atomic E-state index is -1.41. The van der Waals surface area contributed by atoms with Crippen LogP contribution in [0.25, 0.3) is 11.1 Å². The van der Waals surface area contributed by atoms with Crippen molar-refractivity contribution in [3.8, 4) is 0 Å². The zero-order valence-corrected chi connectivity index (χ0v) is 10.1. The van der Waals surface area contributed by atoms with Gasteiger partial charge in [0.25, 0.3) is 5.91 Å². The van der Waals surface area contributed by atoms with Gasteiger partial charge in [0.05, 0.1) is 5.52 Å². The van der Waals surface area contributed by atoms with Crippen molar-refractivity contribution in [2.45, 2.75) is 26.0 Å². The van der Waals surface area contributed by atoms with Crippen LogP contribution < -0.4 is 11.1 Å². The first kappa shape index (κ1) is 12.4. The maximum atomic E-state index is 11.5. The van der Waals surface area contributed by atoms with Gasteiger partial charge in [-0.05, 0) is 31.5 Å². The van der Waals surface area contributed by atoms with Gasteiger partial charge in [-0.2, -0.15) is 0 Å². The number of aromatic amines is 1. The summed E-state index contributed by atoms with van der Waals surface area (Å²) < 4.78 is 4.91. The van der Waals surface area contributed by atoms with E-state index in [0.717, 1.165) is 5.56 Å². The molecule has 3 N–H and O–H groups in total. The Kier molecular flexibility index (Phi) is 2.96. The first-order valence-corrected chi connectivity index (χ1v) is 5.49. The lowest BCUT2D eigenvalue weighted by Crippen LogP contribution is -2.41. The van der Waals surface area contributed by atoms with Gasteiger partial charge in [0.2, 0.25) is 0 Å². The summed E-state index contributed by atoms with van der Waals surface area (Å²) in [7, 11) is 0. The molecule has 0 bridgehead atoms. The number of nitrogens with one attached hydrogen (secondary N) is 2. The van der Waals surface area contributed by atoms with E-state index in [1.54, 1.807) is 18.2 Å². The topological polar surface area (TPSA) is 95.3 Å². The van der Waals surface area contributed by atoms with Gasteiger partial charge in [0, 0.05) is 6.54 Å². The molecule has 0 radical (unpaired) electrons. The zero-order valence-electron chi connectivity index (χ0n) is 10.1. The summed E-state index contributed by atoms with van der Waals surface area (Å²) in [6.45, 7) is 3.08. The van der Waals surface area contributed by atoms with Crippen molar-refractivity contribution in [3.63, 3.8) is 0 Å². The predicted molar refractivity (Wildman–Crippen MR) is 65.0 cm³/mol. The molecule has 18 heavy (non-hydrogen) atoms. The van der Waals surface area contributed by atoms with Gasteiger partial charge in [-0.3, -0.25) is 9.78 Å². The molecule has 0 spiro atoms. The Morgan fingerprint density at radius 3 is 2.89 bits per heavy atom. The maximum Gasteiger partial charge on any atom is 0.417 e. The van der Waals surface area contributed by atoms with Crippen molar-refractivity contribution < 1.29 is 14.3 Å². The number of hydrogen-bond acceptors (Lipinski definition) is 4. The van der Waals surface area contributed by atoms with E-state index in [1.807, 2.05) is 0 Å². The molecule has 0 unspecified atom stereocenters. The summed E-state index contributed by atoms with van der Waals surface area (Å²) in [6.07, 6.45) is 0. The first-order valence-electron chi connectivity index (χ1n) is 5.49. The fraction of sp³-hybridized carbons (Fsp3) is 0.333. The number of carbonyl (C=O) groups excluding carboxylic acids is 1. The number of amides is 1. The van der Waals surface area contributed by atoms with Gasteiger partial charge in [-0.15, -0.1) is 0 Å². The summed E-state index contributed by atoms with van der Waals surface area (Å²) in [5.74, 6) is -0.971. The van der Waals surface area contributed by atoms with Crippen molar-refractivity contribution in [2.75, 3.05) is 0 Å². The molecule has 1 heterocycles. The Balaban J connectivity index is 2.13.